The number of para-hydroxylation sites is 1. The van der Waals surface area contributed by atoms with Gasteiger partial charge in [-0.1, -0.05) is 51.3 Å². The zero-order valence-corrected chi connectivity index (χ0v) is 10.9. The summed E-state index contributed by atoms with van der Waals surface area (Å²) >= 11 is 0. The van der Waals surface area contributed by atoms with E-state index in [0.29, 0.717) is 11.3 Å². The Kier molecular flexibility index (Phi) is 2.57. The van der Waals surface area contributed by atoms with Crippen molar-refractivity contribution in [2.75, 3.05) is 0 Å². The molecule has 1 spiro atoms. The molecular formula is C16H21N. The van der Waals surface area contributed by atoms with Crippen molar-refractivity contribution in [1.29, 1.82) is 0 Å². The highest BCUT2D eigenvalue weighted by atomic mass is 14.8. The van der Waals surface area contributed by atoms with Gasteiger partial charge in [-0.2, -0.15) is 0 Å². The van der Waals surface area contributed by atoms with Crippen LogP contribution in [0.2, 0.25) is 0 Å². The fourth-order valence-electron chi connectivity index (χ4n) is 3.71. The van der Waals surface area contributed by atoms with E-state index in [4.69, 9.17) is 4.99 Å². The summed E-state index contributed by atoms with van der Waals surface area (Å²) in [5, 5.41) is 0. The summed E-state index contributed by atoms with van der Waals surface area (Å²) in [7, 11) is 0. The molecule has 0 amide bonds. The first kappa shape index (κ1) is 11.0. The largest absolute Gasteiger partial charge is 0.256 e. The molecule has 17 heavy (non-hydrogen) atoms. The molecule has 1 heteroatoms. The van der Waals surface area contributed by atoms with Gasteiger partial charge >= 0.3 is 0 Å². The van der Waals surface area contributed by atoms with Crippen LogP contribution in [0.5, 0.6) is 0 Å². The van der Waals surface area contributed by atoms with E-state index >= 15 is 0 Å². The summed E-state index contributed by atoms with van der Waals surface area (Å²) in [6, 6.07) is 8.77. The number of fused-ring (bicyclic) bond motifs is 2. The third-order valence-electron chi connectivity index (χ3n) is 4.40. The lowest BCUT2D eigenvalue weighted by Crippen LogP contribution is -2.38. The highest BCUT2D eigenvalue weighted by Gasteiger charge is 2.44. The van der Waals surface area contributed by atoms with Crippen LogP contribution in [0.25, 0.3) is 0 Å². The van der Waals surface area contributed by atoms with Gasteiger partial charge in [-0.15, -0.1) is 0 Å². The molecular weight excluding hydrogens is 206 g/mol. The van der Waals surface area contributed by atoms with Gasteiger partial charge in [-0.05, 0) is 30.4 Å². The van der Waals surface area contributed by atoms with Crippen LogP contribution < -0.4 is 0 Å². The minimum atomic E-state index is 0.295. The van der Waals surface area contributed by atoms with E-state index in [-0.39, 0.29) is 0 Å². The molecule has 0 unspecified atom stereocenters. The lowest BCUT2D eigenvalue weighted by molar-refractivity contribution is 0.377. The summed E-state index contributed by atoms with van der Waals surface area (Å²) in [4.78, 5) is 4.94. The number of nitrogens with zero attached hydrogens (tertiary/aromatic N) is 1. The fraction of sp³-hybridized carbons (Fsp3) is 0.562. The quantitative estimate of drug-likeness (QED) is 0.663. The van der Waals surface area contributed by atoms with Gasteiger partial charge in [0.05, 0.1) is 5.69 Å². The molecule has 1 saturated carbocycles. The summed E-state index contributed by atoms with van der Waals surface area (Å²) in [5.74, 6) is 0.570. The third kappa shape index (κ3) is 1.55. The highest BCUT2D eigenvalue weighted by Crippen LogP contribution is 2.50. The van der Waals surface area contributed by atoms with Crippen LogP contribution in [0.3, 0.4) is 0 Å². The van der Waals surface area contributed by atoms with Gasteiger partial charge in [-0.25, -0.2) is 0 Å². The van der Waals surface area contributed by atoms with E-state index in [0.717, 1.165) is 0 Å². The van der Waals surface area contributed by atoms with Gasteiger partial charge in [0.15, 0.2) is 0 Å². The molecule has 1 aliphatic carbocycles. The zero-order valence-electron chi connectivity index (χ0n) is 10.9. The van der Waals surface area contributed by atoms with Crippen molar-refractivity contribution in [1.82, 2.24) is 0 Å². The van der Waals surface area contributed by atoms with E-state index in [1.807, 2.05) is 0 Å². The molecule has 1 aromatic carbocycles. The van der Waals surface area contributed by atoms with Crippen molar-refractivity contribution in [2.45, 2.75) is 51.4 Å². The minimum Gasteiger partial charge on any atom is -0.256 e. The Bertz CT molecular complexity index is 450. The van der Waals surface area contributed by atoms with Crippen molar-refractivity contribution in [3.63, 3.8) is 0 Å². The number of rotatable bonds is 1. The van der Waals surface area contributed by atoms with Crippen molar-refractivity contribution in [2.24, 2.45) is 10.9 Å². The van der Waals surface area contributed by atoms with Gasteiger partial charge < -0.3 is 0 Å². The topological polar surface area (TPSA) is 12.4 Å². The molecule has 1 fully saturated rings. The van der Waals surface area contributed by atoms with Crippen molar-refractivity contribution >= 4 is 11.4 Å². The summed E-state index contributed by atoms with van der Waals surface area (Å²) in [6.45, 7) is 4.59. The first-order valence-corrected chi connectivity index (χ1v) is 6.93. The lowest BCUT2D eigenvalue weighted by atomic mass is 9.65. The van der Waals surface area contributed by atoms with E-state index in [1.54, 1.807) is 0 Å². The van der Waals surface area contributed by atoms with Crippen LogP contribution in [0.4, 0.5) is 5.69 Å². The number of hydrogen-bond acceptors (Lipinski definition) is 1. The molecule has 0 N–H and O–H groups in total. The maximum Gasteiger partial charge on any atom is 0.0671 e. The van der Waals surface area contributed by atoms with E-state index in [1.165, 1.54) is 49.1 Å². The molecule has 3 rings (SSSR count). The smallest absolute Gasteiger partial charge is 0.0671 e. The molecule has 90 valence electrons. The second kappa shape index (κ2) is 3.97. The predicted octanol–water partition coefficient (Wildman–Crippen LogP) is 4.63. The number of benzene rings is 1. The average molecular weight is 227 g/mol. The molecule has 1 aliphatic heterocycles. The molecule has 0 aromatic heterocycles. The Morgan fingerprint density at radius 1 is 1.06 bits per heavy atom. The monoisotopic (exact) mass is 227 g/mol. The third-order valence-corrected chi connectivity index (χ3v) is 4.40. The van der Waals surface area contributed by atoms with E-state index in [2.05, 4.69) is 38.1 Å². The molecule has 0 bridgehead atoms. The van der Waals surface area contributed by atoms with Crippen LogP contribution in [-0.2, 0) is 5.41 Å². The van der Waals surface area contributed by atoms with Crippen molar-refractivity contribution < 1.29 is 0 Å². The van der Waals surface area contributed by atoms with E-state index in [9.17, 15) is 0 Å². The molecule has 1 nitrogen and oxygen atoms in total. The highest BCUT2D eigenvalue weighted by molar-refractivity contribution is 6.03. The number of hydrogen-bond donors (Lipinski definition) is 0. The first-order chi connectivity index (χ1) is 8.24. The second-order valence-corrected chi connectivity index (χ2v) is 5.81. The van der Waals surface area contributed by atoms with Gasteiger partial charge in [0.25, 0.3) is 0 Å². The molecule has 0 saturated heterocycles. The summed E-state index contributed by atoms with van der Waals surface area (Å²) in [5.41, 5.74) is 4.48. The summed E-state index contributed by atoms with van der Waals surface area (Å²) in [6.07, 6.45) is 6.73. The van der Waals surface area contributed by atoms with Crippen LogP contribution in [0.1, 0.15) is 51.5 Å². The standard InChI is InChI=1S/C16H21N/c1-12(2)15-16(10-6-3-7-11-16)13-8-4-5-9-14(13)17-15/h4-5,8-9,12H,3,6-7,10-11H2,1-2H3. The summed E-state index contributed by atoms with van der Waals surface area (Å²) < 4.78 is 0. The fourth-order valence-corrected chi connectivity index (χ4v) is 3.71. The molecule has 2 aliphatic rings. The van der Waals surface area contributed by atoms with Crippen LogP contribution in [0.15, 0.2) is 29.3 Å². The lowest BCUT2D eigenvalue weighted by Gasteiger charge is -2.37. The molecule has 1 aromatic rings. The predicted molar refractivity (Wildman–Crippen MR) is 73.1 cm³/mol. The average Bonchev–Trinajstić information content (AvgIpc) is 2.66. The molecule has 1 heterocycles. The Hall–Kier alpha value is -1.11. The SMILES string of the molecule is CC(C)C1=Nc2ccccc2C12CCCCC2. The van der Waals surface area contributed by atoms with Gasteiger partial charge in [0, 0.05) is 11.1 Å². The molecule has 0 radical (unpaired) electrons. The Morgan fingerprint density at radius 3 is 2.47 bits per heavy atom. The van der Waals surface area contributed by atoms with Crippen molar-refractivity contribution in [3.05, 3.63) is 29.8 Å². The Balaban J connectivity index is 2.13. The van der Waals surface area contributed by atoms with Crippen LogP contribution >= 0.6 is 0 Å². The minimum absolute atomic E-state index is 0.295. The van der Waals surface area contributed by atoms with Gasteiger partial charge in [-0.3, -0.25) is 4.99 Å². The van der Waals surface area contributed by atoms with Crippen LogP contribution in [0, 0.1) is 5.92 Å². The van der Waals surface area contributed by atoms with Gasteiger partial charge in [0.1, 0.15) is 0 Å². The normalized spacial score (nSPS) is 21.7. The second-order valence-electron chi connectivity index (χ2n) is 5.81. The van der Waals surface area contributed by atoms with Crippen LogP contribution in [-0.4, -0.2) is 5.71 Å². The van der Waals surface area contributed by atoms with Crippen molar-refractivity contribution in [3.8, 4) is 0 Å². The maximum absolute atomic E-state index is 4.94. The molecule has 0 atom stereocenters. The maximum atomic E-state index is 4.94. The van der Waals surface area contributed by atoms with Gasteiger partial charge in [0.2, 0.25) is 0 Å². The first-order valence-electron chi connectivity index (χ1n) is 6.93. The zero-order chi connectivity index (χ0) is 11.9. The Labute approximate surface area is 104 Å². The Morgan fingerprint density at radius 2 is 1.76 bits per heavy atom. The number of aliphatic imine (C=N–C) groups is 1. The van der Waals surface area contributed by atoms with E-state index < -0.39 is 0 Å².